The second kappa shape index (κ2) is 9.08. The number of sulfonamides is 1. The van der Waals surface area contributed by atoms with E-state index in [9.17, 15) is 13.2 Å². The largest absolute Gasteiger partial charge is 0.483 e. The van der Waals surface area contributed by atoms with Gasteiger partial charge in [-0.2, -0.15) is 5.10 Å². The van der Waals surface area contributed by atoms with Crippen molar-refractivity contribution in [3.63, 3.8) is 0 Å². The highest BCUT2D eigenvalue weighted by atomic mass is 32.2. The van der Waals surface area contributed by atoms with Gasteiger partial charge < -0.3 is 10.4 Å². The van der Waals surface area contributed by atoms with E-state index < -0.39 is 15.9 Å². The average molecular weight is 417 g/mol. The second-order valence-electron chi connectivity index (χ2n) is 5.89. The van der Waals surface area contributed by atoms with Crippen LogP contribution in [-0.4, -0.2) is 41.1 Å². The first-order chi connectivity index (χ1) is 13.7. The summed E-state index contributed by atoms with van der Waals surface area (Å²) in [5.74, 6) is -0.122. The molecule has 29 heavy (non-hydrogen) atoms. The van der Waals surface area contributed by atoms with Crippen molar-refractivity contribution in [1.82, 2.24) is 15.2 Å². The Morgan fingerprint density at radius 1 is 1.28 bits per heavy atom. The van der Waals surface area contributed by atoms with E-state index in [1.54, 1.807) is 44.4 Å². The van der Waals surface area contributed by atoms with Gasteiger partial charge in [0.1, 0.15) is 5.82 Å². The summed E-state index contributed by atoms with van der Waals surface area (Å²) in [6, 6.07) is 8.27. The van der Waals surface area contributed by atoms with Crippen LogP contribution in [0.2, 0.25) is 0 Å². The van der Waals surface area contributed by atoms with Crippen molar-refractivity contribution in [2.45, 2.75) is 18.7 Å². The number of hydrogen-bond acceptors (Lipinski definition) is 6. The molecular formula is C18H19N5O5S. The first kappa shape index (κ1) is 21.7. The molecule has 10 nitrogen and oxygen atoms in total. The number of amides is 1. The monoisotopic (exact) mass is 417 g/mol. The van der Waals surface area contributed by atoms with Gasteiger partial charge in [-0.3, -0.25) is 19.7 Å². The topological polar surface area (TPSA) is 168 Å². The number of aromatic amines is 1. The van der Waals surface area contributed by atoms with Crippen LogP contribution in [0.5, 0.6) is 0 Å². The van der Waals surface area contributed by atoms with Crippen LogP contribution in [0, 0.1) is 13.8 Å². The Bertz CT molecular complexity index is 1130. The van der Waals surface area contributed by atoms with Gasteiger partial charge in [0.15, 0.2) is 0 Å². The lowest BCUT2D eigenvalue weighted by Crippen LogP contribution is -2.18. The maximum absolute atomic E-state index is 12.6. The maximum Gasteiger partial charge on any atom is 0.290 e. The third-order valence-electron chi connectivity index (χ3n) is 4.01. The van der Waals surface area contributed by atoms with Gasteiger partial charge in [-0.25, -0.2) is 13.6 Å². The van der Waals surface area contributed by atoms with Gasteiger partial charge in [0, 0.05) is 11.8 Å². The first-order valence-electron chi connectivity index (χ1n) is 8.17. The first-order valence-corrected chi connectivity index (χ1v) is 9.71. The quantitative estimate of drug-likeness (QED) is 0.468. The minimum atomic E-state index is -3.94. The van der Waals surface area contributed by atoms with Gasteiger partial charge in [-0.05, 0) is 49.2 Å². The number of aromatic nitrogens is 3. The lowest BCUT2D eigenvalue weighted by Gasteiger charge is -2.11. The molecule has 0 saturated carbocycles. The van der Waals surface area contributed by atoms with Crippen LogP contribution >= 0.6 is 0 Å². The summed E-state index contributed by atoms with van der Waals surface area (Å²) >= 11 is 0. The van der Waals surface area contributed by atoms with Crippen molar-refractivity contribution in [3.05, 3.63) is 59.4 Å². The summed E-state index contributed by atoms with van der Waals surface area (Å²) < 4.78 is 23.5. The molecule has 11 heteroatoms. The van der Waals surface area contributed by atoms with E-state index in [1.807, 2.05) is 6.07 Å². The molecule has 2 heterocycles. The number of nitrogens with two attached hydrogens (primary N) is 1. The number of anilines is 1. The number of nitrogens with zero attached hydrogens (tertiary/aromatic N) is 2. The number of aryl methyl sites for hydroxylation is 1. The van der Waals surface area contributed by atoms with Crippen molar-refractivity contribution in [2.24, 2.45) is 5.14 Å². The Morgan fingerprint density at radius 3 is 2.55 bits per heavy atom. The molecule has 0 aliphatic rings. The van der Waals surface area contributed by atoms with E-state index >= 15 is 0 Å². The second-order valence-corrected chi connectivity index (χ2v) is 7.42. The number of carbonyl (C=O) groups is 2. The standard InChI is InChI=1S/C17H17N5O3S.CH2O2/c1-10-7-12(8-15(11(10)2)26(18,24)25)17(23)21-16-13(9-20-22-16)14-5-3-4-6-19-14;2-1-3/h3-9H,1-2H3,(H2,18,24,25)(H2,20,21,22,23);1H,(H,2,3). The third-order valence-corrected chi connectivity index (χ3v) is 5.04. The number of nitrogens with one attached hydrogen (secondary N) is 2. The number of primary sulfonamides is 1. The fourth-order valence-electron chi connectivity index (χ4n) is 2.54. The van der Waals surface area contributed by atoms with E-state index in [-0.39, 0.29) is 16.9 Å². The molecule has 0 aliphatic heterocycles. The highest BCUT2D eigenvalue weighted by Gasteiger charge is 2.19. The van der Waals surface area contributed by atoms with Crippen LogP contribution in [0.3, 0.4) is 0 Å². The lowest BCUT2D eigenvalue weighted by molar-refractivity contribution is -0.122. The molecule has 0 fully saturated rings. The van der Waals surface area contributed by atoms with Crippen LogP contribution in [0.15, 0.2) is 47.6 Å². The van der Waals surface area contributed by atoms with Crippen LogP contribution in [0.1, 0.15) is 21.5 Å². The molecule has 152 valence electrons. The summed E-state index contributed by atoms with van der Waals surface area (Å²) in [6.07, 6.45) is 3.18. The molecule has 0 saturated heterocycles. The molecule has 1 aromatic carbocycles. The van der Waals surface area contributed by atoms with Crippen molar-refractivity contribution < 1.29 is 23.1 Å². The van der Waals surface area contributed by atoms with Crippen molar-refractivity contribution >= 4 is 28.2 Å². The summed E-state index contributed by atoms with van der Waals surface area (Å²) in [6.45, 7) is 3.11. The zero-order chi connectivity index (χ0) is 21.6. The molecule has 0 radical (unpaired) electrons. The van der Waals surface area contributed by atoms with Crippen LogP contribution in [-0.2, 0) is 14.8 Å². The van der Waals surface area contributed by atoms with E-state index in [2.05, 4.69) is 20.5 Å². The molecule has 0 unspecified atom stereocenters. The Labute approximate surface area is 166 Å². The molecule has 3 rings (SSSR count). The molecule has 0 atom stereocenters. The van der Waals surface area contributed by atoms with Crippen molar-refractivity contribution in [3.8, 4) is 11.3 Å². The van der Waals surface area contributed by atoms with Crippen LogP contribution in [0.25, 0.3) is 11.3 Å². The van der Waals surface area contributed by atoms with E-state index in [0.717, 1.165) is 0 Å². The fraction of sp³-hybridized carbons (Fsp3) is 0.111. The molecule has 2 aromatic heterocycles. The van der Waals surface area contributed by atoms with Gasteiger partial charge in [-0.1, -0.05) is 6.07 Å². The van der Waals surface area contributed by atoms with Gasteiger partial charge in [0.05, 0.1) is 22.3 Å². The minimum Gasteiger partial charge on any atom is -0.483 e. The Morgan fingerprint density at radius 2 is 1.97 bits per heavy atom. The predicted octanol–water partition coefficient (Wildman–Crippen LogP) is 1.69. The highest BCUT2D eigenvalue weighted by molar-refractivity contribution is 7.89. The van der Waals surface area contributed by atoms with Crippen LogP contribution < -0.4 is 10.5 Å². The maximum atomic E-state index is 12.6. The SMILES string of the molecule is Cc1cc(C(=O)Nc2[nH]ncc2-c2ccccn2)cc(S(N)(=O)=O)c1C.O=CO. The van der Waals surface area contributed by atoms with E-state index in [1.165, 1.54) is 6.07 Å². The summed E-state index contributed by atoms with van der Waals surface area (Å²) in [4.78, 5) is 25.1. The Hall–Kier alpha value is -3.57. The number of carbonyl (C=O) groups excluding carboxylic acids is 1. The lowest BCUT2D eigenvalue weighted by atomic mass is 10.1. The Balaban J connectivity index is 0.000000941. The molecule has 1 amide bonds. The number of pyridine rings is 1. The third kappa shape index (κ3) is 5.24. The average Bonchev–Trinajstić information content (AvgIpc) is 3.12. The van der Waals surface area contributed by atoms with Gasteiger partial charge >= 0.3 is 0 Å². The zero-order valence-electron chi connectivity index (χ0n) is 15.6. The molecule has 0 aliphatic carbocycles. The van der Waals surface area contributed by atoms with E-state index in [4.69, 9.17) is 15.0 Å². The molecular weight excluding hydrogens is 398 g/mol. The number of H-pyrrole nitrogens is 1. The number of benzene rings is 1. The van der Waals surface area contributed by atoms with Gasteiger partial charge in [0.25, 0.3) is 12.4 Å². The van der Waals surface area contributed by atoms with Crippen molar-refractivity contribution in [2.75, 3.05) is 5.32 Å². The fourth-order valence-corrected chi connectivity index (χ4v) is 3.42. The minimum absolute atomic E-state index is 0.0720. The number of rotatable bonds is 4. The molecule has 3 aromatic rings. The molecule has 0 spiro atoms. The summed E-state index contributed by atoms with van der Waals surface area (Å²) in [5.41, 5.74) is 2.60. The van der Waals surface area contributed by atoms with Crippen molar-refractivity contribution in [1.29, 1.82) is 0 Å². The predicted molar refractivity (Wildman–Crippen MR) is 106 cm³/mol. The van der Waals surface area contributed by atoms with Crippen LogP contribution in [0.4, 0.5) is 5.82 Å². The van der Waals surface area contributed by atoms with Gasteiger partial charge in [0.2, 0.25) is 10.0 Å². The highest BCUT2D eigenvalue weighted by Crippen LogP contribution is 2.25. The number of carboxylic acid groups (broad SMARTS) is 1. The smallest absolute Gasteiger partial charge is 0.290 e. The zero-order valence-corrected chi connectivity index (χ0v) is 16.4. The Kier molecular flexibility index (Phi) is 6.80. The van der Waals surface area contributed by atoms with Gasteiger partial charge in [-0.15, -0.1) is 0 Å². The summed E-state index contributed by atoms with van der Waals surface area (Å²) in [7, 11) is -3.94. The summed E-state index contributed by atoms with van der Waals surface area (Å²) in [5, 5.41) is 21.5. The molecule has 5 N–H and O–H groups in total. The van der Waals surface area contributed by atoms with E-state index in [0.29, 0.717) is 28.2 Å². The number of hydrogen-bond donors (Lipinski definition) is 4. The normalized spacial score (nSPS) is 10.6. The molecule has 0 bridgehead atoms.